The van der Waals surface area contributed by atoms with Gasteiger partial charge < -0.3 is 14.6 Å². The molecule has 0 spiro atoms. The molecule has 2 aromatic rings. The first kappa shape index (κ1) is 18.2. The van der Waals surface area contributed by atoms with Crippen LogP contribution < -0.4 is 5.32 Å². The molecule has 3 rings (SSSR count). The predicted octanol–water partition coefficient (Wildman–Crippen LogP) is 3.37. The summed E-state index contributed by atoms with van der Waals surface area (Å²) in [5.41, 5.74) is 4.85. The van der Waals surface area contributed by atoms with Gasteiger partial charge in [-0.1, -0.05) is 17.7 Å². The fourth-order valence-electron chi connectivity index (χ4n) is 3.71. The highest BCUT2D eigenvalue weighted by Crippen LogP contribution is 2.21. The van der Waals surface area contributed by atoms with Gasteiger partial charge in [0.05, 0.1) is 6.26 Å². The van der Waals surface area contributed by atoms with E-state index in [0.29, 0.717) is 38.2 Å². The van der Waals surface area contributed by atoms with Gasteiger partial charge in [0.2, 0.25) is 5.91 Å². The summed E-state index contributed by atoms with van der Waals surface area (Å²) in [4.78, 5) is 26.6. The van der Waals surface area contributed by atoms with E-state index in [9.17, 15) is 9.59 Å². The van der Waals surface area contributed by atoms with E-state index in [1.807, 2.05) is 0 Å². The van der Waals surface area contributed by atoms with E-state index < -0.39 is 0 Å². The minimum Gasteiger partial charge on any atom is -0.459 e. The maximum atomic E-state index is 12.5. The number of aryl methyl sites for hydroxylation is 3. The average Bonchev–Trinajstić information content (AvgIpc) is 3.14. The molecule has 5 heteroatoms. The van der Waals surface area contributed by atoms with Gasteiger partial charge in [0.1, 0.15) is 0 Å². The molecule has 1 aromatic heterocycles. The van der Waals surface area contributed by atoms with E-state index in [4.69, 9.17) is 4.42 Å². The molecule has 1 aliphatic rings. The lowest BCUT2D eigenvalue weighted by atomic mass is 9.95. The highest BCUT2D eigenvalue weighted by atomic mass is 16.3. The second-order valence-corrected chi connectivity index (χ2v) is 7.14. The van der Waals surface area contributed by atoms with Crippen molar-refractivity contribution in [2.75, 3.05) is 13.1 Å². The van der Waals surface area contributed by atoms with Crippen LogP contribution in [0.1, 0.15) is 45.7 Å². The summed E-state index contributed by atoms with van der Waals surface area (Å²) in [7, 11) is 0. The molecule has 0 radical (unpaired) electrons. The molecule has 26 heavy (non-hydrogen) atoms. The Morgan fingerprint density at radius 2 is 1.81 bits per heavy atom. The fourth-order valence-corrected chi connectivity index (χ4v) is 3.71. The third kappa shape index (κ3) is 3.98. The number of piperidine rings is 1. The van der Waals surface area contributed by atoms with E-state index in [1.165, 1.54) is 28.5 Å². The highest BCUT2D eigenvalue weighted by Gasteiger charge is 2.28. The first-order chi connectivity index (χ1) is 12.5. The first-order valence-corrected chi connectivity index (χ1v) is 9.13. The van der Waals surface area contributed by atoms with Gasteiger partial charge in [-0.05, 0) is 62.4 Å². The van der Waals surface area contributed by atoms with Crippen LogP contribution in [0.5, 0.6) is 0 Å². The van der Waals surface area contributed by atoms with Crippen molar-refractivity contribution in [3.63, 3.8) is 0 Å². The second-order valence-electron chi connectivity index (χ2n) is 7.14. The molecule has 1 N–H and O–H groups in total. The summed E-state index contributed by atoms with van der Waals surface area (Å²) in [5.74, 6) is 0.300. The van der Waals surface area contributed by atoms with Crippen molar-refractivity contribution in [1.29, 1.82) is 0 Å². The largest absolute Gasteiger partial charge is 0.459 e. The molecule has 1 saturated heterocycles. The molecule has 0 atom stereocenters. The SMILES string of the molecule is Cc1cc(C)c(CNC(=O)C2CCN(C(=O)c3ccco3)CC2)c(C)c1. The monoisotopic (exact) mass is 354 g/mol. The van der Waals surface area contributed by atoms with E-state index in [0.717, 1.165) is 0 Å². The number of carbonyl (C=O) groups excluding carboxylic acids is 2. The number of nitrogens with zero attached hydrogens (tertiary/aromatic N) is 1. The van der Waals surface area contributed by atoms with Crippen LogP contribution in [0.25, 0.3) is 0 Å². The molecule has 1 aliphatic heterocycles. The van der Waals surface area contributed by atoms with Crippen LogP contribution in [0, 0.1) is 26.7 Å². The number of hydrogen-bond acceptors (Lipinski definition) is 3. The third-order valence-corrected chi connectivity index (χ3v) is 5.16. The van der Waals surface area contributed by atoms with Crippen molar-refractivity contribution in [3.8, 4) is 0 Å². The number of rotatable bonds is 4. The molecule has 1 aromatic carbocycles. The van der Waals surface area contributed by atoms with Crippen LogP contribution in [-0.2, 0) is 11.3 Å². The molecular formula is C21H26N2O3. The zero-order chi connectivity index (χ0) is 18.7. The van der Waals surface area contributed by atoms with Crippen LogP contribution in [0.15, 0.2) is 34.9 Å². The van der Waals surface area contributed by atoms with Crippen LogP contribution in [0.4, 0.5) is 0 Å². The number of amides is 2. The third-order valence-electron chi connectivity index (χ3n) is 5.16. The van der Waals surface area contributed by atoms with Crippen molar-refractivity contribution < 1.29 is 14.0 Å². The van der Waals surface area contributed by atoms with Gasteiger partial charge in [-0.15, -0.1) is 0 Å². The normalized spacial score (nSPS) is 15.1. The maximum Gasteiger partial charge on any atom is 0.289 e. The van der Waals surface area contributed by atoms with Gasteiger partial charge in [0.15, 0.2) is 5.76 Å². The number of hydrogen-bond donors (Lipinski definition) is 1. The summed E-state index contributed by atoms with van der Waals surface area (Å²) in [6, 6.07) is 7.68. The summed E-state index contributed by atoms with van der Waals surface area (Å²) in [6.07, 6.45) is 2.87. The smallest absolute Gasteiger partial charge is 0.289 e. The first-order valence-electron chi connectivity index (χ1n) is 9.13. The average molecular weight is 354 g/mol. The van der Waals surface area contributed by atoms with Gasteiger partial charge in [0, 0.05) is 25.6 Å². The lowest BCUT2D eigenvalue weighted by Gasteiger charge is -2.30. The van der Waals surface area contributed by atoms with E-state index in [-0.39, 0.29) is 17.7 Å². The Hall–Kier alpha value is -2.56. The maximum absolute atomic E-state index is 12.5. The Bertz CT molecular complexity index is 765. The molecule has 2 amide bonds. The van der Waals surface area contributed by atoms with Crippen molar-refractivity contribution >= 4 is 11.8 Å². The van der Waals surface area contributed by atoms with E-state index >= 15 is 0 Å². The molecule has 5 nitrogen and oxygen atoms in total. The van der Waals surface area contributed by atoms with Crippen LogP contribution in [-0.4, -0.2) is 29.8 Å². The van der Waals surface area contributed by atoms with Crippen LogP contribution in [0.3, 0.4) is 0 Å². The lowest BCUT2D eigenvalue weighted by Crippen LogP contribution is -2.42. The second kappa shape index (κ2) is 7.77. The Labute approximate surface area is 154 Å². The minimum atomic E-state index is -0.0974. The Kier molecular flexibility index (Phi) is 5.45. The van der Waals surface area contributed by atoms with Crippen LogP contribution >= 0.6 is 0 Å². The zero-order valence-corrected chi connectivity index (χ0v) is 15.7. The zero-order valence-electron chi connectivity index (χ0n) is 15.7. The molecule has 0 unspecified atom stereocenters. The fraction of sp³-hybridized carbons (Fsp3) is 0.429. The molecule has 1 fully saturated rings. The van der Waals surface area contributed by atoms with Gasteiger partial charge in [-0.2, -0.15) is 0 Å². The van der Waals surface area contributed by atoms with Gasteiger partial charge in [-0.3, -0.25) is 9.59 Å². The summed E-state index contributed by atoms with van der Waals surface area (Å²) < 4.78 is 5.17. The van der Waals surface area contributed by atoms with Crippen molar-refractivity contribution in [2.24, 2.45) is 5.92 Å². The van der Waals surface area contributed by atoms with Crippen molar-refractivity contribution in [2.45, 2.75) is 40.2 Å². The number of likely N-dealkylation sites (tertiary alicyclic amines) is 1. The summed E-state index contributed by atoms with van der Waals surface area (Å²) in [5, 5.41) is 3.08. The Morgan fingerprint density at radius 3 is 2.38 bits per heavy atom. The molecule has 2 heterocycles. The molecule has 0 saturated carbocycles. The van der Waals surface area contributed by atoms with Crippen molar-refractivity contribution in [1.82, 2.24) is 10.2 Å². The number of furan rings is 1. The number of nitrogens with one attached hydrogen (secondary N) is 1. The minimum absolute atomic E-state index is 0.0401. The summed E-state index contributed by atoms with van der Waals surface area (Å²) >= 11 is 0. The van der Waals surface area contributed by atoms with Gasteiger partial charge in [0.25, 0.3) is 5.91 Å². The molecular weight excluding hydrogens is 328 g/mol. The van der Waals surface area contributed by atoms with E-state index in [2.05, 4.69) is 38.2 Å². The van der Waals surface area contributed by atoms with E-state index in [1.54, 1.807) is 17.0 Å². The standard InChI is InChI=1S/C21H26N2O3/c1-14-11-15(2)18(16(3)12-14)13-22-20(24)17-6-8-23(9-7-17)21(25)19-5-4-10-26-19/h4-5,10-12,17H,6-9,13H2,1-3H3,(H,22,24). The molecule has 138 valence electrons. The topological polar surface area (TPSA) is 62.6 Å². The van der Waals surface area contributed by atoms with Gasteiger partial charge in [-0.25, -0.2) is 0 Å². The molecule has 0 bridgehead atoms. The Morgan fingerprint density at radius 1 is 1.15 bits per heavy atom. The quantitative estimate of drug-likeness (QED) is 0.916. The number of benzene rings is 1. The summed E-state index contributed by atoms with van der Waals surface area (Å²) in [6.45, 7) is 7.98. The highest BCUT2D eigenvalue weighted by molar-refractivity contribution is 5.91. The lowest BCUT2D eigenvalue weighted by molar-refractivity contribution is -0.126. The van der Waals surface area contributed by atoms with Crippen molar-refractivity contribution in [3.05, 3.63) is 58.5 Å². The van der Waals surface area contributed by atoms with Crippen LogP contribution in [0.2, 0.25) is 0 Å². The molecule has 0 aliphatic carbocycles. The predicted molar refractivity (Wildman–Crippen MR) is 99.8 cm³/mol. The Balaban J connectivity index is 1.52. The number of carbonyl (C=O) groups is 2. The van der Waals surface area contributed by atoms with Gasteiger partial charge >= 0.3 is 0 Å².